The van der Waals surface area contributed by atoms with Crippen LogP contribution in [0.5, 0.6) is 0 Å². The number of piperidine rings is 1. The molecule has 2 heterocycles. The number of nitrogens with one attached hydrogen (secondary N) is 1. The van der Waals surface area contributed by atoms with Gasteiger partial charge in [0.25, 0.3) is 0 Å². The Morgan fingerprint density at radius 1 is 1.30 bits per heavy atom. The lowest BCUT2D eigenvalue weighted by atomic mass is 10.0. The lowest BCUT2D eigenvalue weighted by Gasteiger charge is -2.36. The summed E-state index contributed by atoms with van der Waals surface area (Å²) in [7, 11) is 0. The molecule has 0 bridgehead atoms. The highest BCUT2D eigenvalue weighted by Gasteiger charge is 2.30. The number of amides is 1. The molecule has 1 aliphatic rings. The van der Waals surface area contributed by atoms with Gasteiger partial charge >= 0.3 is 6.09 Å². The van der Waals surface area contributed by atoms with Crippen LogP contribution in [0.2, 0.25) is 0 Å². The van der Waals surface area contributed by atoms with Crippen molar-refractivity contribution in [3.8, 4) is 0 Å². The Bertz CT molecular complexity index is 534. The summed E-state index contributed by atoms with van der Waals surface area (Å²) in [5.74, 6) is 0.622. The zero-order chi connectivity index (χ0) is 17.0. The monoisotopic (exact) mass is 320 g/mol. The molecule has 1 aromatic rings. The van der Waals surface area contributed by atoms with Crippen molar-refractivity contribution in [2.24, 2.45) is 0 Å². The molecule has 0 saturated carbocycles. The fraction of sp³-hybridized carbons (Fsp3) is 0.706. The smallest absolute Gasteiger partial charge is 0.410 e. The summed E-state index contributed by atoms with van der Waals surface area (Å²) in [4.78, 5) is 23.0. The minimum absolute atomic E-state index is 0.114. The number of rotatable bonds is 3. The molecule has 6 nitrogen and oxygen atoms in total. The summed E-state index contributed by atoms with van der Waals surface area (Å²) in [6.07, 6.45) is 2.89. The number of carbonyl (C=O) groups excluding carboxylic acids is 1. The Morgan fingerprint density at radius 2 is 1.96 bits per heavy atom. The van der Waals surface area contributed by atoms with Crippen LogP contribution in [-0.2, 0) is 4.74 Å². The third-order valence-electron chi connectivity index (χ3n) is 3.73. The van der Waals surface area contributed by atoms with Gasteiger partial charge < -0.3 is 15.0 Å². The van der Waals surface area contributed by atoms with E-state index in [9.17, 15) is 4.79 Å². The summed E-state index contributed by atoms with van der Waals surface area (Å²) in [5.41, 5.74) is 1.41. The van der Waals surface area contributed by atoms with Gasteiger partial charge in [-0.15, -0.1) is 0 Å². The largest absolute Gasteiger partial charge is 0.444 e. The fourth-order valence-electron chi connectivity index (χ4n) is 2.79. The maximum absolute atomic E-state index is 12.4. The van der Waals surface area contributed by atoms with Crippen LogP contribution >= 0.6 is 0 Å². The molecule has 1 aromatic heterocycles. The number of ether oxygens (including phenoxy) is 1. The Morgan fingerprint density at radius 3 is 2.57 bits per heavy atom. The highest BCUT2D eigenvalue weighted by Crippen LogP contribution is 2.20. The van der Waals surface area contributed by atoms with E-state index in [4.69, 9.17) is 4.74 Å². The van der Waals surface area contributed by atoms with Crippen LogP contribution in [0.25, 0.3) is 0 Å². The van der Waals surface area contributed by atoms with Crippen molar-refractivity contribution < 1.29 is 9.53 Å². The standard InChI is InChI=1S/C17H28N4O2/c1-12-10-13(2)20-15(19-12)18-11-14-8-6-7-9-21(14)16(22)23-17(3,4)5/h10,14H,6-9,11H2,1-5H3,(H,18,19,20)/t14-/m0/s1. The van der Waals surface area contributed by atoms with Gasteiger partial charge in [-0.25, -0.2) is 14.8 Å². The summed E-state index contributed by atoms with van der Waals surface area (Å²) in [5, 5.41) is 3.27. The first-order valence-corrected chi connectivity index (χ1v) is 8.30. The predicted octanol–water partition coefficient (Wildman–Crippen LogP) is 3.29. The third kappa shape index (κ3) is 5.37. The second-order valence-corrected chi connectivity index (χ2v) is 7.18. The summed E-state index contributed by atoms with van der Waals surface area (Å²) >= 11 is 0. The first kappa shape index (κ1) is 17.5. The second kappa shape index (κ2) is 7.15. The molecule has 0 aliphatic carbocycles. The number of carbonyl (C=O) groups is 1. The molecule has 1 N–H and O–H groups in total. The van der Waals surface area contributed by atoms with Crippen molar-refractivity contribution >= 4 is 12.0 Å². The maximum atomic E-state index is 12.4. The van der Waals surface area contributed by atoms with Crippen LogP contribution in [0, 0.1) is 13.8 Å². The van der Waals surface area contributed by atoms with Gasteiger partial charge in [-0.3, -0.25) is 0 Å². The van der Waals surface area contributed by atoms with Gasteiger partial charge in [-0.2, -0.15) is 0 Å². The number of aromatic nitrogens is 2. The molecule has 0 aromatic carbocycles. The van der Waals surface area contributed by atoms with Crippen LogP contribution in [-0.4, -0.2) is 45.7 Å². The van der Waals surface area contributed by atoms with Gasteiger partial charge in [0.1, 0.15) is 5.60 Å². The Balaban J connectivity index is 1.99. The van der Waals surface area contributed by atoms with Gasteiger partial charge in [0.15, 0.2) is 0 Å². The van der Waals surface area contributed by atoms with Gasteiger partial charge in [-0.05, 0) is 59.9 Å². The average Bonchev–Trinajstić information content (AvgIpc) is 2.42. The normalized spacial score (nSPS) is 18.7. The molecular formula is C17H28N4O2. The van der Waals surface area contributed by atoms with Crippen LogP contribution in [0.4, 0.5) is 10.7 Å². The Labute approximate surface area is 138 Å². The molecule has 0 unspecified atom stereocenters. The van der Waals surface area contributed by atoms with E-state index in [-0.39, 0.29) is 12.1 Å². The number of aryl methyl sites for hydroxylation is 2. The fourth-order valence-corrected chi connectivity index (χ4v) is 2.79. The number of anilines is 1. The second-order valence-electron chi connectivity index (χ2n) is 7.18. The van der Waals surface area contributed by atoms with Crippen LogP contribution in [0.3, 0.4) is 0 Å². The quantitative estimate of drug-likeness (QED) is 0.925. The molecule has 0 radical (unpaired) electrons. The molecule has 1 atom stereocenters. The summed E-state index contributed by atoms with van der Waals surface area (Å²) in [6.45, 7) is 11.0. The maximum Gasteiger partial charge on any atom is 0.410 e. The molecule has 128 valence electrons. The highest BCUT2D eigenvalue weighted by molar-refractivity contribution is 5.68. The van der Waals surface area contributed by atoms with E-state index in [0.717, 1.165) is 37.2 Å². The third-order valence-corrected chi connectivity index (χ3v) is 3.73. The molecular weight excluding hydrogens is 292 g/mol. The van der Waals surface area contributed by atoms with Crippen LogP contribution in [0.1, 0.15) is 51.4 Å². The molecule has 1 saturated heterocycles. The van der Waals surface area contributed by atoms with E-state index in [1.54, 1.807) is 0 Å². The van der Waals surface area contributed by atoms with Gasteiger partial charge in [0, 0.05) is 24.5 Å². The summed E-state index contributed by atoms with van der Waals surface area (Å²) < 4.78 is 5.53. The minimum Gasteiger partial charge on any atom is -0.444 e. The minimum atomic E-state index is -0.469. The van der Waals surface area contributed by atoms with E-state index >= 15 is 0 Å². The molecule has 1 amide bonds. The highest BCUT2D eigenvalue weighted by atomic mass is 16.6. The lowest BCUT2D eigenvalue weighted by molar-refractivity contribution is 0.0114. The van der Waals surface area contributed by atoms with E-state index in [1.165, 1.54) is 0 Å². The van der Waals surface area contributed by atoms with Crippen molar-refractivity contribution in [1.29, 1.82) is 0 Å². The average molecular weight is 320 g/mol. The van der Waals surface area contributed by atoms with Crippen LogP contribution < -0.4 is 5.32 Å². The first-order valence-electron chi connectivity index (χ1n) is 8.30. The van der Waals surface area contributed by atoms with Gasteiger partial charge in [-0.1, -0.05) is 0 Å². The Hall–Kier alpha value is -1.85. The van der Waals surface area contributed by atoms with Crippen LogP contribution in [0.15, 0.2) is 6.07 Å². The molecule has 23 heavy (non-hydrogen) atoms. The molecule has 2 rings (SSSR count). The van der Waals surface area contributed by atoms with E-state index < -0.39 is 5.60 Å². The molecule has 1 fully saturated rings. The van der Waals surface area contributed by atoms with Gasteiger partial charge in [0.2, 0.25) is 5.95 Å². The van der Waals surface area contributed by atoms with Crippen molar-refractivity contribution in [1.82, 2.24) is 14.9 Å². The zero-order valence-corrected chi connectivity index (χ0v) is 14.8. The van der Waals surface area contributed by atoms with E-state index in [1.807, 2.05) is 45.6 Å². The number of hydrogen-bond donors (Lipinski definition) is 1. The van der Waals surface area contributed by atoms with Crippen molar-refractivity contribution in [3.05, 3.63) is 17.5 Å². The molecule has 6 heteroatoms. The summed E-state index contributed by atoms with van der Waals surface area (Å²) in [6, 6.07) is 2.06. The lowest BCUT2D eigenvalue weighted by Crippen LogP contribution is -2.49. The number of nitrogens with zero attached hydrogens (tertiary/aromatic N) is 3. The number of likely N-dealkylation sites (tertiary alicyclic amines) is 1. The SMILES string of the molecule is Cc1cc(C)nc(NC[C@@H]2CCCCN2C(=O)OC(C)(C)C)n1. The van der Waals surface area contributed by atoms with Crippen molar-refractivity contribution in [2.75, 3.05) is 18.4 Å². The predicted molar refractivity (Wildman–Crippen MR) is 90.6 cm³/mol. The van der Waals surface area contributed by atoms with Crippen molar-refractivity contribution in [2.45, 2.75) is 65.5 Å². The van der Waals surface area contributed by atoms with E-state index in [0.29, 0.717) is 12.5 Å². The molecule has 0 spiro atoms. The number of hydrogen-bond acceptors (Lipinski definition) is 5. The molecule has 1 aliphatic heterocycles. The zero-order valence-electron chi connectivity index (χ0n) is 14.8. The van der Waals surface area contributed by atoms with Crippen molar-refractivity contribution in [3.63, 3.8) is 0 Å². The first-order chi connectivity index (χ1) is 10.7. The van der Waals surface area contributed by atoms with Gasteiger partial charge in [0.05, 0.1) is 6.04 Å². The topological polar surface area (TPSA) is 67.4 Å². The van der Waals surface area contributed by atoms with E-state index in [2.05, 4.69) is 15.3 Å². The Kier molecular flexibility index (Phi) is 5.44.